The summed E-state index contributed by atoms with van der Waals surface area (Å²) in [5.41, 5.74) is -0.611. The number of alkyl halides is 4. The third-order valence-corrected chi connectivity index (χ3v) is 5.95. The molecule has 2 aliphatic rings. The Kier molecular flexibility index (Phi) is 5.62. The van der Waals surface area contributed by atoms with Gasteiger partial charge in [0.1, 0.15) is 24.6 Å². The molecule has 3 aromatic rings. The Morgan fingerprint density at radius 3 is 2.38 bits per heavy atom. The number of carbonyl (C=O) groups is 1. The number of aromatic nitrogens is 6. The van der Waals surface area contributed by atoms with Crippen LogP contribution in [0.4, 0.5) is 23.4 Å². The van der Waals surface area contributed by atoms with Crippen LogP contribution in [-0.4, -0.2) is 71.9 Å². The van der Waals surface area contributed by atoms with E-state index in [2.05, 4.69) is 25.0 Å². The largest absolute Gasteiger partial charge is 0.417 e. The lowest BCUT2D eigenvalue weighted by Crippen LogP contribution is -2.55. The van der Waals surface area contributed by atoms with Crippen LogP contribution in [0.25, 0.3) is 5.95 Å². The number of amides is 1. The highest BCUT2D eigenvalue weighted by Gasteiger charge is 2.43. The second kappa shape index (κ2) is 8.61. The zero-order chi connectivity index (χ0) is 23.9. The van der Waals surface area contributed by atoms with E-state index in [4.69, 9.17) is 0 Å². The minimum absolute atomic E-state index is 0.0542. The Hall–Kier alpha value is -3.64. The smallest absolute Gasteiger partial charge is 0.354 e. The molecule has 1 aliphatic carbocycles. The molecule has 0 spiro atoms. The molecule has 13 heteroatoms. The summed E-state index contributed by atoms with van der Waals surface area (Å²) in [4.78, 5) is 32.4. The molecule has 5 rings (SSSR count). The van der Waals surface area contributed by atoms with E-state index in [-0.39, 0.29) is 35.8 Å². The first kappa shape index (κ1) is 22.2. The van der Waals surface area contributed by atoms with Gasteiger partial charge in [-0.05, 0) is 31.4 Å². The van der Waals surface area contributed by atoms with Crippen molar-refractivity contribution >= 4 is 11.7 Å². The summed E-state index contributed by atoms with van der Waals surface area (Å²) >= 11 is 0. The van der Waals surface area contributed by atoms with Crippen LogP contribution in [0.3, 0.4) is 0 Å². The second-order valence-corrected chi connectivity index (χ2v) is 8.28. The van der Waals surface area contributed by atoms with Crippen molar-refractivity contribution in [2.45, 2.75) is 43.7 Å². The second-order valence-electron chi connectivity index (χ2n) is 8.28. The molecule has 4 heterocycles. The van der Waals surface area contributed by atoms with Gasteiger partial charge in [0.25, 0.3) is 11.9 Å². The molecule has 0 aromatic carbocycles. The van der Waals surface area contributed by atoms with Crippen LogP contribution in [0, 0.1) is 0 Å². The van der Waals surface area contributed by atoms with E-state index < -0.39 is 24.0 Å². The zero-order valence-electron chi connectivity index (χ0n) is 17.8. The predicted molar refractivity (Wildman–Crippen MR) is 111 cm³/mol. The van der Waals surface area contributed by atoms with Crippen LogP contribution in [0.1, 0.15) is 35.2 Å². The van der Waals surface area contributed by atoms with Crippen LogP contribution >= 0.6 is 0 Å². The summed E-state index contributed by atoms with van der Waals surface area (Å²) in [5, 5.41) is 3.94. The Balaban J connectivity index is 1.29. The maximum absolute atomic E-state index is 15.3. The topological polar surface area (TPSA) is 92.9 Å². The Labute approximate surface area is 191 Å². The third kappa shape index (κ3) is 4.41. The Morgan fingerprint density at radius 1 is 1.06 bits per heavy atom. The fourth-order valence-electron chi connectivity index (χ4n) is 4.11. The van der Waals surface area contributed by atoms with Crippen LogP contribution in [0.2, 0.25) is 0 Å². The summed E-state index contributed by atoms with van der Waals surface area (Å²) < 4.78 is 55.0. The molecule has 0 unspecified atom stereocenters. The predicted octanol–water partition coefficient (Wildman–Crippen LogP) is 2.69. The number of carbonyl (C=O) groups excluding carboxylic acids is 1. The summed E-state index contributed by atoms with van der Waals surface area (Å²) in [7, 11) is 0. The molecule has 0 N–H and O–H groups in total. The van der Waals surface area contributed by atoms with Crippen molar-refractivity contribution in [2.75, 3.05) is 18.0 Å². The van der Waals surface area contributed by atoms with E-state index >= 15 is 4.39 Å². The first-order valence-electron chi connectivity index (χ1n) is 10.7. The number of halogens is 4. The lowest BCUT2D eigenvalue weighted by Gasteiger charge is -2.41. The molecule has 1 aliphatic heterocycles. The highest BCUT2D eigenvalue weighted by molar-refractivity contribution is 5.94. The van der Waals surface area contributed by atoms with Crippen LogP contribution in [0.5, 0.6) is 0 Å². The van der Waals surface area contributed by atoms with Crippen molar-refractivity contribution in [3.63, 3.8) is 0 Å². The van der Waals surface area contributed by atoms with E-state index in [0.717, 1.165) is 25.1 Å². The molecule has 0 bridgehead atoms. The zero-order valence-corrected chi connectivity index (χ0v) is 17.8. The van der Waals surface area contributed by atoms with Crippen LogP contribution in [-0.2, 0) is 6.18 Å². The van der Waals surface area contributed by atoms with Crippen LogP contribution < -0.4 is 4.90 Å². The number of hydrogen-bond acceptors (Lipinski definition) is 7. The average molecular weight is 476 g/mol. The van der Waals surface area contributed by atoms with Gasteiger partial charge in [0.05, 0.1) is 23.7 Å². The van der Waals surface area contributed by atoms with Crippen molar-refractivity contribution in [1.29, 1.82) is 0 Å². The van der Waals surface area contributed by atoms with Gasteiger partial charge in [0.15, 0.2) is 0 Å². The van der Waals surface area contributed by atoms with Gasteiger partial charge >= 0.3 is 6.18 Å². The molecule has 0 radical (unpaired) electrons. The normalized spacial score (nSPS) is 20.9. The van der Waals surface area contributed by atoms with Gasteiger partial charge in [0, 0.05) is 31.2 Å². The fourth-order valence-corrected chi connectivity index (χ4v) is 4.11. The van der Waals surface area contributed by atoms with Gasteiger partial charge in [-0.15, -0.1) is 0 Å². The van der Waals surface area contributed by atoms with E-state index in [0.29, 0.717) is 13.0 Å². The highest BCUT2D eigenvalue weighted by Crippen LogP contribution is 2.35. The van der Waals surface area contributed by atoms with Crippen molar-refractivity contribution in [3.8, 4) is 5.95 Å². The summed E-state index contributed by atoms with van der Waals surface area (Å²) in [5.74, 6) is 0.185. The number of piperidine rings is 1. The van der Waals surface area contributed by atoms with Crippen molar-refractivity contribution in [1.82, 2.24) is 34.6 Å². The summed E-state index contributed by atoms with van der Waals surface area (Å²) in [6, 6.07) is 1.47. The minimum Gasteiger partial charge on any atom is -0.354 e. The third-order valence-electron chi connectivity index (χ3n) is 5.95. The molecule has 9 nitrogen and oxygen atoms in total. The van der Waals surface area contributed by atoms with Crippen molar-refractivity contribution < 1.29 is 22.4 Å². The molecule has 1 amide bonds. The standard InChI is InChI=1S/C21H20F4N8O/c22-16-10-31(18-4-1-14(9-27-18)21(23,24)25)6-5-17(16)33(15-2-3-15)19(34)13-7-28-20(29-8-13)32-12-26-11-30-32/h1,4,7-9,11-12,15-17H,2-3,5-6,10H2/t16-,17+/m0/s1. The molecular weight excluding hydrogens is 456 g/mol. The molecule has 34 heavy (non-hydrogen) atoms. The SMILES string of the molecule is O=C(c1cnc(-n2cncn2)nc1)N(C1CC1)[C@@H]1CCN(c2ccc(C(F)(F)F)cn2)C[C@@H]1F. The molecule has 1 saturated carbocycles. The van der Waals surface area contributed by atoms with Gasteiger partial charge in [-0.1, -0.05) is 0 Å². The summed E-state index contributed by atoms with van der Waals surface area (Å²) in [6.45, 7) is 0.295. The number of rotatable bonds is 5. The summed E-state index contributed by atoms with van der Waals surface area (Å²) in [6.07, 6.45) is 2.31. The average Bonchev–Trinajstić information content (AvgIpc) is 3.51. The van der Waals surface area contributed by atoms with Gasteiger partial charge < -0.3 is 9.80 Å². The van der Waals surface area contributed by atoms with Gasteiger partial charge in [-0.25, -0.2) is 24.3 Å². The number of nitrogens with zero attached hydrogens (tertiary/aromatic N) is 8. The number of hydrogen-bond donors (Lipinski definition) is 0. The first-order valence-corrected chi connectivity index (χ1v) is 10.7. The van der Waals surface area contributed by atoms with E-state index in [1.807, 2.05) is 0 Å². The first-order chi connectivity index (χ1) is 16.3. The molecule has 3 aromatic heterocycles. The number of pyridine rings is 1. The van der Waals surface area contributed by atoms with Crippen molar-refractivity contribution in [3.05, 3.63) is 54.5 Å². The lowest BCUT2D eigenvalue weighted by molar-refractivity contribution is -0.137. The Bertz CT molecular complexity index is 1130. The van der Waals surface area contributed by atoms with Gasteiger partial charge in [-0.2, -0.15) is 23.0 Å². The minimum atomic E-state index is -4.48. The number of anilines is 1. The van der Waals surface area contributed by atoms with E-state index in [9.17, 15) is 18.0 Å². The molecular formula is C21H20F4N8O. The van der Waals surface area contributed by atoms with Gasteiger partial charge in [0.2, 0.25) is 0 Å². The maximum Gasteiger partial charge on any atom is 0.417 e. The molecule has 2 fully saturated rings. The van der Waals surface area contributed by atoms with Gasteiger partial charge in [-0.3, -0.25) is 4.79 Å². The monoisotopic (exact) mass is 476 g/mol. The van der Waals surface area contributed by atoms with Crippen LogP contribution in [0.15, 0.2) is 43.4 Å². The Morgan fingerprint density at radius 2 is 1.82 bits per heavy atom. The lowest BCUT2D eigenvalue weighted by atomic mass is 10.00. The fraction of sp³-hybridized carbons (Fsp3) is 0.429. The maximum atomic E-state index is 15.3. The molecule has 1 saturated heterocycles. The molecule has 178 valence electrons. The highest BCUT2D eigenvalue weighted by atomic mass is 19.4. The van der Waals surface area contributed by atoms with E-state index in [1.165, 1.54) is 35.8 Å². The van der Waals surface area contributed by atoms with E-state index in [1.54, 1.807) is 9.80 Å². The van der Waals surface area contributed by atoms with Crippen molar-refractivity contribution in [2.24, 2.45) is 0 Å². The molecule has 2 atom stereocenters. The quantitative estimate of drug-likeness (QED) is 0.523.